The van der Waals surface area contributed by atoms with Crippen molar-refractivity contribution in [3.8, 4) is 11.5 Å². The maximum absolute atomic E-state index is 13.7. The summed E-state index contributed by atoms with van der Waals surface area (Å²) in [6, 6.07) is 23.6. The lowest BCUT2D eigenvalue weighted by Gasteiger charge is -2.24. The minimum atomic E-state index is -4.10. The third-order valence-corrected chi connectivity index (χ3v) is 9.28. The molecule has 0 saturated carbocycles. The van der Waals surface area contributed by atoms with Crippen LogP contribution in [0.5, 0.6) is 11.5 Å². The van der Waals surface area contributed by atoms with Crippen LogP contribution >= 0.6 is 11.3 Å². The van der Waals surface area contributed by atoms with Gasteiger partial charge in [0.15, 0.2) is 0 Å². The maximum atomic E-state index is 13.7. The minimum absolute atomic E-state index is 0.0489. The molecule has 0 saturated heterocycles. The second-order valence-electron chi connectivity index (χ2n) is 8.83. The number of fused-ring (bicyclic) bond motifs is 1. The molecule has 0 unspecified atom stereocenters. The highest BCUT2D eigenvalue weighted by atomic mass is 32.2. The fraction of sp³-hybridized carbons (Fsp3) is 0.172. The van der Waals surface area contributed by atoms with Crippen LogP contribution in [-0.4, -0.2) is 33.9 Å². The lowest BCUT2D eigenvalue weighted by atomic mass is 10.1. The van der Waals surface area contributed by atoms with Gasteiger partial charge >= 0.3 is 5.97 Å². The number of carbonyl (C=O) groups excluding carboxylic acids is 2. The largest absolute Gasteiger partial charge is 0.465 e. The Morgan fingerprint density at radius 1 is 0.897 bits per heavy atom. The van der Waals surface area contributed by atoms with Crippen LogP contribution in [0.25, 0.3) is 0 Å². The minimum Gasteiger partial charge on any atom is -0.465 e. The van der Waals surface area contributed by atoms with Gasteiger partial charge in [-0.15, -0.1) is 11.3 Å². The number of sulfonamides is 1. The molecule has 1 aliphatic rings. The first kappa shape index (κ1) is 26.5. The molecule has 0 spiro atoms. The molecule has 5 rings (SSSR count). The van der Waals surface area contributed by atoms with E-state index < -0.39 is 28.4 Å². The van der Waals surface area contributed by atoms with Crippen molar-refractivity contribution < 1.29 is 27.5 Å². The zero-order valence-corrected chi connectivity index (χ0v) is 22.8. The Hall–Kier alpha value is -4.15. The Kier molecular flexibility index (Phi) is 7.67. The number of thiophene rings is 1. The number of nitrogens with zero attached hydrogens (tertiary/aromatic N) is 1. The van der Waals surface area contributed by atoms with E-state index in [4.69, 9.17) is 9.47 Å². The Labute approximate surface area is 230 Å². The number of hydrogen-bond donors (Lipinski definition) is 1. The highest BCUT2D eigenvalue weighted by Crippen LogP contribution is 2.39. The van der Waals surface area contributed by atoms with E-state index in [2.05, 4.69) is 5.32 Å². The average Bonchev–Trinajstić information content (AvgIpc) is 3.54. The number of carbonyl (C=O) groups is 2. The van der Waals surface area contributed by atoms with E-state index in [1.165, 1.54) is 30.6 Å². The van der Waals surface area contributed by atoms with Crippen LogP contribution in [0, 0.1) is 0 Å². The van der Waals surface area contributed by atoms with Gasteiger partial charge in [-0.3, -0.25) is 9.10 Å². The summed E-state index contributed by atoms with van der Waals surface area (Å²) in [4.78, 5) is 26.9. The molecule has 8 nitrogen and oxygen atoms in total. The Bertz CT molecular complexity index is 1580. The average molecular weight is 563 g/mol. The van der Waals surface area contributed by atoms with E-state index in [1.54, 1.807) is 42.5 Å². The zero-order valence-electron chi connectivity index (χ0n) is 21.1. The molecule has 200 valence electrons. The molecule has 0 bridgehead atoms. The number of benzene rings is 3. The van der Waals surface area contributed by atoms with Gasteiger partial charge in [-0.2, -0.15) is 0 Å². The Morgan fingerprint density at radius 3 is 2.21 bits per heavy atom. The molecule has 0 fully saturated rings. The van der Waals surface area contributed by atoms with E-state index in [0.717, 1.165) is 34.0 Å². The number of amides is 1. The first-order chi connectivity index (χ1) is 18.9. The van der Waals surface area contributed by atoms with Crippen molar-refractivity contribution in [2.75, 3.05) is 23.3 Å². The van der Waals surface area contributed by atoms with E-state index in [1.807, 2.05) is 30.3 Å². The fourth-order valence-electron chi connectivity index (χ4n) is 4.45. The third-order valence-electron chi connectivity index (χ3n) is 6.29. The summed E-state index contributed by atoms with van der Waals surface area (Å²) in [5.74, 6) is 0.0570. The second-order valence-corrected chi connectivity index (χ2v) is 11.8. The molecule has 10 heteroatoms. The molecule has 1 heterocycles. The summed E-state index contributed by atoms with van der Waals surface area (Å²) in [6.45, 7) is -0.501. The van der Waals surface area contributed by atoms with E-state index in [0.29, 0.717) is 22.1 Å². The van der Waals surface area contributed by atoms with Gasteiger partial charge in [0, 0.05) is 4.88 Å². The third kappa shape index (κ3) is 5.67. The smallest absolute Gasteiger partial charge is 0.341 e. The predicted molar refractivity (Wildman–Crippen MR) is 150 cm³/mol. The van der Waals surface area contributed by atoms with Gasteiger partial charge in [-0.05, 0) is 73.4 Å². The first-order valence-corrected chi connectivity index (χ1v) is 14.6. The van der Waals surface area contributed by atoms with Gasteiger partial charge in [0.1, 0.15) is 23.0 Å². The number of nitrogens with one attached hydrogen (secondary N) is 1. The fourth-order valence-corrected chi connectivity index (χ4v) is 7.18. The van der Waals surface area contributed by atoms with Gasteiger partial charge in [-0.1, -0.05) is 36.4 Å². The predicted octanol–water partition coefficient (Wildman–Crippen LogP) is 5.65. The molecule has 0 atom stereocenters. The van der Waals surface area contributed by atoms with Gasteiger partial charge in [0.2, 0.25) is 5.91 Å². The molecule has 3 aromatic carbocycles. The number of aryl methyl sites for hydroxylation is 1. The SMILES string of the molecule is COC(=O)c1c(NC(=O)CN(c2ccc(Oc3ccccc3)cc2)S(=O)(=O)c2ccccc2)sc2c1CCC2. The molecule has 4 aromatic rings. The van der Waals surface area contributed by atoms with E-state index in [9.17, 15) is 18.0 Å². The molecule has 1 amide bonds. The van der Waals surface area contributed by atoms with Crippen LogP contribution < -0.4 is 14.4 Å². The standard InChI is InChI=1S/C29H26N2O6S2/c1-36-29(33)27-24-13-8-14-25(24)38-28(27)30-26(32)19-31(39(34,35)23-11-6-3-7-12-23)20-15-17-22(18-16-20)37-21-9-4-2-5-10-21/h2-7,9-12,15-18H,8,13-14,19H2,1H3,(H,30,32). The van der Waals surface area contributed by atoms with Crippen LogP contribution in [0.4, 0.5) is 10.7 Å². The number of anilines is 2. The molecule has 1 N–H and O–H groups in total. The normalized spacial score (nSPS) is 12.4. The lowest BCUT2D eigenvalue weighted by molar-refractivity contribution is -0.114. The number of esters is 1. The summed E-state index contributed by atoms with van der Waals surface area (Å²) in [5.41, 5.74) is 1.53. The molecule has 0 radical (unpaired) electrons. The number of methoxy groups -OCH3 is 1. The van der Waals surface area contributed by atoms with Gasteiger partial charge in [0.25, 0.3) is 10.0 Å². The second kappa shape index (κ2) is 11.3. The van der Waals surface area contributed by atoms with Crippen molar-refractivity contribution in [3.05, 3.63) is 101 Å². The number of hydrogen-bond acceptors (Lipinski definition) is 7. The molecule has 1 aliphatic carbocycles. The first-order valence-electron chi connectivity index (χ1n) is 12.3. The van der Waals surface area contributed by atoms with Crippen molar-refractivity contribution in [1.82, 2.24) is 0 Å². The van der Waals surface area contributed by atoms with Crippen molar-refractivity contribution in [2.45, 2.75) is 24.2 Å². The molecule has 39 heavy (non-hydrogen) atoms. The van der Waals surface area contributed by atoms with E-state index in [-0.39, 0.29) is 10.6 Å². The van der Waals surface area contributed by atoms with Crippen LogP contribution in [0.15, 0.2) is 89.8 Å². The maximum Gasteiger partial charge on any atom is 0.341 e. The molecular formula is C29H26N2O6S2. The highest BCUT2D eigenvalue weighted by Gasteiger charge is 2.31. The van der Waals surface area contributed by atoms with Crippen LogP contribution in [0.1, 0.15) is 27.2 Å². The summed E-state index contributed by atoms with van der Waals surface area (Å²) < 4.78 is 39.2. The summed E-state index contributed by atoms with van der Waals surface area (Å²) >= 11 is 1.33. The van der Waals surface area contributed by atoms with Crippen molar-refractivity contribution in [3.63, 3.8) is 0 Å². The number of rotatable bonds is 9. The van der Waals surface area contributed by atoms with Crippen molar-refractivity contribution in [2.24, 2.45) is 0 Å². The molecule has 1 aromatic heterocycles. The summed E-state index contributed by atoms with van der Waals surface area (Å²) in [6.07, 6.45) is 2.50. The summed E-state index contributed by atoms with van der Waals surface area (Å²) in [7, 11) is -2.80. The Morgan fingerprint density at radius 2 is 1.54 bits per heavy atom. The lowest BCUT2D eigenvalue weighted by Crippen LogP contribution is -2.38. The van der Waals surface area contributed by atoms with Gasteiger partial charge in [0.05, 0.1) is 23.3 Å². The van der Waals surface area contributed by atoms with Gasteiger partial charge in [-0.25, -0.2) is 13.2 Å². The Balaban J connectivity index is 1.43. The molecule has 0 aliphatic heterocycles. The van der Waals surface area contributed by atoms with Crippen molar-refractivity contribution >= 4 is 43.9 Å². The topological polar surface area (TPSA) is 102 Å². The van der Waals surface area contributed by atoms with E-state index >= 15 is 0 Å². The highest BCUT2D eigenvalue weighted by molar-refractivity contribution is 7.92. The van der Waals surface area contributed by atoms with Crippen LogP contribution in [-0.2, 0) is 32.4 Å². The quantitative estimate of drug-likeness (QED) is 0.265. The monoisotopic (exact) mass is 562 g/mol. The molecular weight excluding hydrogens is 536 g/mol. The van der Waals surface area contributed by atoms with Crippen LogP contribution in [0.2, 0.25) is 0 Å². The zero-order chi connectivity index (χ0) is 27.4. The summed E-state index contributed by atoms with van der Waals surface area (Å²) in [5, 5.41) is 3.15. The number of ether oxygens (including phenoxy) is 2. The van der Waals surface area contributed by atoms with Crippen LogP contribution in [0.3, 0.4) is 0 Å². The van der Waals surface area contributed by atoms with Gasteiger partial charge < -0.3 is 14.8 Å². The van der Waals surface area contributed by atoms with Crippen molar-refractivity contribution in [1.29, 1.82) is 0 Å². The number of para-hydroxylation sites is 1.